The molecule has 3 aromatic rings. The molecule has 3 aromatic carbocycles. The molecule has 0 fully saturated rings. The van der Waals surface area contributed by atoms with Crippen LogP contribution in [0.25, 0.3) is 27.8 Å². The Labute approximate surface area is 193 Å². The second-order valence-electron chi connectivity index (χ2n) is 8.23. The van der Waals surface area contributed by atoms with Gasteiger partial charge >= 0.3 is 0 Å². The third-order valence-electron chi connectivity index (χ3n) is 6.11. The van der Waals surface area contributed by atoms with Gasteiger partial charge in [0.05, 0.1) is 6.61 Å². The molecule has 0 spiro atoms. The summed E-state index contributed by atoms with van der Waals surface area (Å²) >= 11 is 0. The Hall–Kier alpha value is -3.27. The maximum Gasteiger partial charge on any atom is 0.201 e. The van der Waals surface area contributed by atoms with Gasteiger partial charge in [-0.05, 0) is 79.5 Å². The van der Waals surface area contributed by atoms with Crippen LogP contribution in [-0.4, -0.2) is 6.61 Å². The van der Waals surface area contributed by atoms with Gasteiger partial charge in [0.2, 0.25) is 5.82 Å². The molecule has 0 N–H and O–H groups in total. The predicted octanol–water partition coefficient (Wildman–Crippen LogP) is 8.60. The van der Waals surface area contributed by atoms with Crippen molar-refractivity contribution in [3.8, 4) is 28.0 Å². The third-order valence-corrected chi connectivity index (χ3v) is 6.11. The second-order valence-corrected chi connectivity index (χ2v) is 8.23. The first kappa shape index (κ1) is 22.9. The molecule has 0 saturated carbocycles. The Morgan fingerprint density at radius 2 is 1.58 bits per heavy atom. The Morgan fingerprint density at radius 3 is 2.21 bits per heavy atom. The van der Waals surface area contributed by atoms with E-state index in [1.165, 1.54) is 12.1 Å². The van der Waals surface area contributed by atoms with E-state index in [1.54, 1.807) is 37.3 Å². The number of hydrogen-bond donors (Lipinski definition) is 0. The van der Waals surface area contributed by atoms with Gasteiger partial charge in [-0.25, -0.2) is 8.78 Å². The van der Waals surface area contributed by atoms with E-state index in [2.05, 4.69) is 18.2 Å². The fourth-order valence-corrected chi connectivity index (χ4v) is 4.37. The summed E-state index contributed by atoms with van der Waals surface area (Å²) in [5.74, 6) is -1.75. The predicted molar refractivity (Wildman–Crippen MR) is 128 cm³/mol. The summed E-state index contributed by atoms with van der Waals surface area (Å²) in [7, 11) is 0. The van der Waals surface area contributed by atoms with Crippen LogP contribution < -0.4 is 4.74 Å². The molecule has 170 valence electrons. The lowest BCUT2D eigenvalue weighted by atomic mass is 9.86. The topological polar surface area (TPSA) is 9.23 Å². The molecule has 0 aromatic heterocycles. The van der Waals surface area contributed by atoms with Gasteiger partial charge in [-0.2, -0.15) is 4.39 Å². The van der Waals surface area contributed by atoms with Crippen molar-refractivity contribution in [3.05, 3.63) is 95.8 Å². The molecule has 0 amide bonds. The standard InChI is InChI=1S/C29H27F3O/c1-3-5-19-6-8-21(9-7-19)24-15-14-23(18-26(24)30)20-10-12-22(13-11-20)25-16-17-27(33-4-2)29(32)28(25)31/h3,5,8,10-19H,4,6-7,9H2,1-2H3. The highest BCUT2D eigenvalue weighted by Gasteiger charge is 2.17. The molecule has 1 atom stereocenters. The van der Waals surface area contributed by atoms with Gasteiger partial charge in [0, 0.05) is 11.1 Å². The van der Waals surface area contributed by atoms with Gasteiger partial charge in [-0.3, -0.25) is 0 Å². The maximum absolute atomic E-state index is 14.9. The van der Waals surface area contributed by atoms with E-state index in [4.69, 9.17) is 4.74 Å². The lowest BCUT2D eigenvalue weighted by Gasteiger charge is -2.20. The minimum Gasteiger partial charge on any atom is -0.491 e. The van der Waals surface area contributed by atoms with Crippen LogP contribution in [0, 0.1) is 23.4 Å². The monoisotopic (exact) mass is 448 g/mol. The Balaban J connectivity index is 1.55. The number of rotatable bonds is 6. The fraction of sp³-hybridized carbons (Fsp3) is 0.241. The molecule has 4 rings (SSSR count). The highest BCUT2D eigenvalue weighted by molar-refractivity contribution is 5.74. The van der Waals surface area contributed by atoms with Crippen molar-refractivity contribution in [2.75, 3.05) is 6.61 Å². The summed E-state index contributed by atoms with van der Waals surface area (Å²) in [6, 6.07) is 15.2. The SMILES string of the molecule is CC=CC1CC=C(c2ccc(-c3ccc(-c4ccc(OCC)c(F)c4F)cc3)cc2F)CC1. The number of halogens is 3. The lowest BCUT2D eigenvalue weighted by Crippen LogP contribution is -2.03. The summed E-state index contributed by atoms with van der Waals surface area (Å²) in [4.78, 5) is 0. The lowest BCUT2D eigenvalue weighted by molar-refractivity contribution is 0.314. The number of benzene rings is 3. The van der Waals surface area contributed by atoms with Crippen LogP contribution in [-0.2, 0) is 0 Å². The van der Waals surface area contributed by atoms with E-state index in [-0.39, 0.29) is 23.7 Å². The molecule has 1 nitrogen and oxygen atoms in total. The smallest absolute Gasteiger partial charge is 0.201 e. The first-order chi connectivity index (χ1) is 16.0. The van der Waals surface area contributed by atoms with E-state index in [0.717, 1.165) is 36.0 Å². The summed E-state index contributed by atoms with van der Waals surface area (Å²) in [5.41, 5.74) is 3.96. The van der Waals surface area contributed by atoms with Crippen LogP contribution in [0.1, 0.15) is 38.7 Å². The molecule has 0 radical (unpaired) electrons. The Morgan fingerprint density at radius 1 is 0.879 bits per heavy atom. The molecular weight excluding hydrogens is 421 g/mol. The third kappa shape index (κ3) is 4.90. The Bertz CT molecular complexity index is 1190. The molecule has 0 saturated heterocycles. The van der Waals surface area contributed by atoms with Crippen molar-refractivity contribution >= 4 is 5.57 Å². The molecule has 1 aliphatic rings. The molecule has 1 aliphatic carbocycles. The van der Waals surface area contributed by atoms with E-state index >= 15 is 0 Å². The van der Waals surface area contributed by atoms with Crippen molar-refractivity contribution in [2.24, 2.45) is 5.92 Å². The average molecular weight is 449 g/mol. The Kier molecular flexibility index (Phi) is 7.02. The van der Waals surface area contributed by atoms with Crippen molar-refractivity contribution in [1.29, 1.82) is 0 Å². The second kappa shape index (κ2) is 10.1. The molecule has 4 heteroatoms. The van der Waals surface area contributed by atoms with Gasteiger partial charge in [-0.15, -0.1) is 0 Å². The fourth-order valence-electron chi connectivity index (χ4n) is 4.37. The summed E-state index contributed by atoms with van der Waals surface area (Å²) < 4.78 is 48.8. The molecule has 0 heterocycles. The first-order valence-electron chi connectivity index (χ1n) is 11.3. The van der Waals surface area contributed by atoms with Crippen molar-refractivity contribution in [1.82, 2.24) is 0 Å². The average Bonchev–Trinajstić information content (AvgIpc) is 2.83. The van der Waals surface area contributed by atoms with Crippen LogP contribution >= 0.6 is 0 Å². The van der Waals surface area contributed by atoms with E-state index in [9.17, 15) is 13.2 Å². The number of ether oxygens (including phenoxy) is 1. The highest BCUT2D eigenvalue weighted by atomic mass is 19.2. The van der Waals surface area contributed by atoms with Crippen molar-refractivity contribution in [2.45, 2.75) is 33.1 Å². The van der Waals surface area contributed by atoms with Crippen molar-refractivity contribution in [3.63, 3.8) is 0 Å². The van der Waals surface area contributed by atoms with Gasteiger partial charge in [-0.1, -0.05) is 54.6 Å². The van der Waals surface area contributed by atoms with E-state index < -0.39 is 11.6 Å². The van der Waals surface area contributed by atoms with Crippen LogP contribution in [0.5, 0.6) is 5.75 Å². The summed E-state index contributed by atoms with van der Waals surface area (Å²) in [5, 5.41) is 0. The van der Waals surface area contributed by atoms with Crippen LogP contribution in [0.4, 0.5) is 13.2 Å². The van der Waals surface area contributed by atoms with Crippen LogP contribution in [0.3, 0.4) is 0 Å². The largest absolute Gasteiger partial charge is 0.491 e. The summed E-state index contributed by atoms with van der Waals surface area (Å²) in [6.07, 6.45) is 9.26. The summed E-state index contributed by atoms with van der Waals surface area (Å²) in [6.45, 7) is 4.00. The number of allylic oxidation sites excluding steroid dienone is 4. The van der Waals surface area contributed by atoms with Gasteiger partial charge in [0.15, 0.2) is 11.6 Å². The van der Waals surface area contributed by atoms with Crippen molar-refractivity contribution < 1.29 is 17.9 Å². The van der Waals surface area contributed by atoms with Gasteiger partial charge in [0.1, 0.15) is 5.82 Å². The molecule has 1 unspecified atom stereocenters. The minimum atomic E-state index is -0.995. The van der Waals surface area contributed by atoms with Gasteiger partial charge < -0.3 is 4.74 Å². The molecular formula is C29H27F3O. The molecule has 0 bridgehead atoms. The molecule has 33 heavy (non-hydrogen) atoms. The first-order valence-corrected chi connectivity index (χ1v) is 11.3. The highest BCUT2D eigenvalue weighted by Crippen LogP contribution is 2.35. The quantitative estimate of drug-likeness (QED) is 0.343. The maximum atomic E-state index is 14.9. The van der Waals surface area contributed by atoms with E-state index in [1.807, 2.05) is 19.1 Å². The normalized spacial score (nSPS) is 16.2. The van der Waals surface area contributed by atoms with Gasteiger partial charge in [0.25, 0.3) is 0 Å². The van der Waals surface area contributed by atoms with Crippen LogP contribution in [0.2, 0.25) is 0 Å². The van der Waals surface area contributed by atoms with E-state index in [0.29, 0.717) is 17.0 Å². The zero-order valence-electron chi connectivity index (χ0n) is 18.9. The zero-order chi connectivity index (χ0) is 23.4. The van der Waals surface area contributed by atoms with Crippen LogP contribution in [0.15, 0.2) is 72.8 Å². The molecule has 0 aliphatic heterocycles. The zero-order valence-corrected chi connectivity index (χ0v) is 18.9. The number of hydrogen-bond acceptors (Lipinski definition) is 1. The minimum absolute atomic E-state index is 0.101.